The molecule has 2 aromatic carbocycles. The standard InChI is InChI=1S/C9H9BrO3.C9H10O3/c1-12-8-3-6(5-11)7(10)4-9(8)13-2;1-11-8-4-3-7(6-10)5-9(8)12-2/h3-5H,1-2H3;3-6H,1-2H3. The summed E-state index contributed by atoms with van der Waals surface area (Å²) in [6, 6.07) is 8.32. The fourth-order valence-electron chi connectivity index (χ4n) is 1.89. The van der Waals surface area contributed by atoms with Gasteiger partial charge in [-0.2, -0.15) is 0 Å². The van der Waals surface area contributed by atoms with Crippen LogP contribution in [0.3, 0.4) is 0 Å². The number of ether oxygens (including phenoxy) is 4. The Morgan fingerprint density at radius 1 is 0.720 bits per heavy atom. The maximum absolute atomic E-state index is 10.6. The smallest absolute Gasteiger partial charge is 0.161 e. The summed E-state index contributed by atoms with van der Waals surface area (Å²) in [4.78, 5) is 20.9. The van der Waals surface area contributed by atoms with E-state index in [-0.39, 0.29) is 0 Å². The van der Waals surface area contributed by atoms with Gasteiger partial charge in [-0.1, -0.05) is 0 Å². The minimum Gasteiger partial charge on any atom is -0.493 e. The number of rotatable bonds is 6. The van der Waals surface area contributed by atoms with E-state index in [1.54, 1.807) is 44.6 Å². The minimum atomic E-state index is 0.539. The van der Waals surface area contributed by atoms with Gasteiger partial charge in [0.05, 0.1) is 28.4 Å². The SMILES string of the molecule is COc1cc(Br)c(C=O)cc1OC.COc1ccc(C=O)cc1OC. The number of hydrogen-bond donors (Lipinski definition) is 0. The molecule has 0 amide bonds. The summed E-state index contributed by atoms with van der Waals surface area (Å²) in [6.07, 6.45) is 1.52. The molecule has 0 N–H and O–H groups in total. The lowest BCUT2D eigenvalue weighted by Crippen LogP contribution is -1.93. The number of hydrogen-bond acceptors (Lipinski definition) is 6. The van der Waals surface area contributed by atoms with E-state index < -0.39 is 0 Å². The van der Waals surface area contributed by atoms with Gasteiger partial charge in [-0.15, -0.1) is 0 Å². The average Bonchev–Trinajstić information content (AvgIpc) is 2.67. The maximum atomic E-state index is 10.6. The molecule has 0 bridgehead atoms. The van der Waals surface area contributed by atoms with Gasteiger partial charge in [0, 0.05) is 15.6 Å². The van der Waals surface area contributed by atoms with Crippen LogP contribution < -0.4 is 18.9 Å². The van der Waals surface area contributed by atoms with Crippen molar-refractivity contribution < 1.29 is 28.5 Å². The topological polar surface area (TPSA) is 71.1 Å². The normalized spacial score (nSPS) is 9.32. The molecule has 0 saturated heterocycles. The second kappa shape index (κ2) is 10.4. The molecule has 2 rings (SSSR count). The summed E-state index contributed by atoms with van der Waals surface area (Å²) in [5, 5.41) is 0. The Labute approximate surface area is 154 Å². The highest BCUT2D eigenvalue weighted by molar-refractivity contribution is 9.10. The van der Waals surface area contributed by atoms with Crippen molar-refractivity contribution >= 4 is 28.5 Å². The monoisotopic (exact) mass is 410 g/mol. The first-order chi connectivity index (χ1) is 12.0. The van der Waals surface area contributed by atoms with Crippen LogP contribution in [0.4, 0.5) is 0 Å². The Morgan fingerprint density at radius 3 is 1.72 bits per heavy atom. The van der Waals surface area contributed by atoms with Crippen LogP contribution in [0, 0.1) is 0 Å². The van der Waals surface area contributed by atoms with Crippen LogP contribution in [0.1, 0.15) is 20.7 Å². The Kier molecular flexibility index (Phi) is 8.49. The molecule has 0 fully saturated rings. The first-order valence-corrected chi connectivity index (χ1v) is 7.87. The second-order valence-corrected chi connectivity index (χ2v) is 5.43. The molecule has 0 aliphatic carbocycles. The quantitative estimate of drug-likeness (QED) is 0.674. The molecule has 0 aliphatic rings. The van der Waals surface area contributed by atoms with E-state index in [0.29, 0.717) is 38.6 Å². The average molecular weight is 411 g/mol. The first-order valence-electron chi connectivity index (χ1n) is 7.08. The predicted octanol–water partition coefficient (Wildman–Crippen LogP) is 3.80. The van der Waals surface area contributed by atoms with Crippen LogP contribution in [0.25, 0.3) is 0 Å². The minimum absolute atomic E-state index is 0.539. The molecule has 0 aliphatic heterocycles. The van der Waals surface area contributed by atoms with Crippen molar-refractivity contribution in [1.82, 2.24) is 0 Å². The predicted molar refractivity (Wildman–Crippen MR) is 97.6 cm³/mol. The molecule has 6 nitrogen and oxygen atoms in total. The summed E-state index contributed by atoms with van der Waals surface area (Å²) in [5.74, 6) is 2.35. The Morgan fingerprint density at radius 2 is 1.24 bits per heavy atom. The molecular formula is C18H19BrO6. The highest BCUT2D eigenvalue weighted by atomic mass is 79.9. The Balaban J connectivity index is 0.000000251. The van der Waals surface area contributed by atoms with Gasteiger partial charge < -0.3 is 18.9 Å². The Hall–Kier alpha value is -2.54. The van der Waals surface area contributed by atoms with Gasteiger partial charge in [0.2, 0.25) is 0 Å². The molecule has 0 atom stereocenters. The third-order valence-electron chi connectivity index (χ3n) is 3.17. The van der Waals surface area contributed by atoms with Crippen molar-refractivity contribution in [3.63, 3.8) is 0 Å². The number of aldehydes is 2. The van der Waals surface area contributed by atoms with Crippen molar-refractivity contribution in [2.75, 3.05) is 28.4 Å². The lowest BCUT2D eigenvalue weighted by atomic mass is 10.2. The summed E-state index contributed by atoms with van der Waals surface area (Å²) in [5.41, 5.74) is 1.12. The largest absolute Gasteiger partial charge is 0.493 e. The van der Waals surface area contributed by atoms with E-state index in [9.17, 15) is 9.59 Å². The number of methoxy groups -OCH3 is 4. The van der Waals surface area contributed by atoms with E-state index in [4.69, 9.17) is 18.9 Å². The van der Waals surface area contributed by atoms with Crippen molar-refractivity contribution in [1.29, 1.82) is 0 Å². The third-order valence-corrected chi connectivity index (χ3v) is 3.86. The van der Waals surface area contributed by atoms with Gasteiger partial charge >= 0.3 is 0 Å². The van der Waals surface area contributed by atoms with Crippen LogP contribution in [0.15, 0.2) is 34.8 Å². The molecule has 0 saturated carbocycles. The van der Waals surface area contributed by atoms with Crippen LogP contribution in [0.2, 0.25) is 0 Å². The van der Waals surface area contributed by atoms with Gasteiger partial charge in [-0.05, 0) is 46.3 Å². The summed E-state index contributed by atoms with van der Waals surface area (Å²) in [7, 11) is 6.16. The number of benzene rings is 2. The van der Waals surface area contributed by atoms with E-state index in [0.717, 1.165) is 12.6 Å². The van der Waals surface area contributed by atoms with Crippen molar-refractivity contribution in [3.8, 4) is 23.0 Å². The van der Waals surface area contributed by atoms with E-state index in [1.807, 2.05) is 0 Å². The molecule has 134 valence electrons. The summed E-state index contributed by atoms with van der Waals surface area (Å²) < 4.78 is 20.8. The number of carbonyl (C=O) groups is 2. The van der Waals surface area contributed by atoms with Gasteiger partial charge in [0.25, 0.3) is 0 Å². The molecule has 0 heterocycles. The highest BCUT2D eigenvalue weighted by Gasteiger charge is 2.08. The lowest BCUT2D eigenvalue weighted by molar-refractivity contribution is 0.111. The van der Waals surface area contributed by atoms with Gasteiger partial charge in [-0.25, -0.2) is 0 Å². The first kappa shape index (κ1) is 20.5. The molecule has 7 heteroatoms. The van der Waals surface area contributed by atoms with E-state index in [1.165, 1.54) is 14.2 Å². The molecule has 0 aromatic heterocycles. The zero-order valence-corrected chi connectivity index (χ0v) is 16.0. The van der Waals surface area contributed by atoms with Gasteiger partial charge in [-0.3, -0.25) is 9.59 Å². The molecule has 0 spiro atoms. The van der Waals surface area contributed by atoms with Crippen LogP contribution in [-0.2, 0) is 0 Å². The zero-order chi connectivity index (χ0) is 18.8. The number of halogens is 1. The zero-order valence-electron chi connectivity index (χ0n) is 14.4. The lowest BCUT2D eigenvalue weighted by Gasteiger charge is -2.08. The van der Waals surface area contributed by atoms with Crippen molar-refractivity contribution in [3.05, 3.63) is 45.9 Å². The van der Waals surface area contributed by atoms with Gasteiger partial charge in [0.15, 0.2) is 29.3 Å². The van der Waals surface area contributed by atoms with E-state index >= 15 is 0 Å². The summed E-state index contributed by atoms with van der Waals surface area (Å²) in [6.45, 7) is 0. The molecule has 2 aromatic rings. The Bertz CT molecular complexity index is 730. The highest BCUT2D eigenvalue weighted by Crippen LogP contribution is 2.32. The van der Waals surface area contributed by atoms with Crippen LogP contribution >= 0.6 is 15.9 Å². The fourth-order valence-corrected chi connectivity index (χ4v) is 2.30. The maximum Gasteiger partial charge on any atom is 0.161 e. The van der Waals surface area contributed by atoms with Gasteiger partial charge in [0.1, 0.15) is 6.29 Å². The molecule has 25 heavy (non-hydrogen) atoms. The molecule has 0 unspecified atom stereocenters. The van der Waals surface area contributed by atoms with E-state index in [2.05, 4.69) is 15.9 Å². The van der Waals surface area contributed by atoms with Crippen LogP contribution in [0.5, 0.6) is 23.0 Å². The van der Waals surface area contributed by atoms with Crippen molar-refractivity contribution in [2.24, 2.45) is 0 Å². The van der Waals surface area contributed by atoms with Crippen LogP contribution in [-0.4, -0.2) is 41.0 Å². The molecule has 0 radical (unpaired) electrons. The second-order valence-electron chi connectivity index (χ2n) is 4.58. The number of carbonyl (C=O) groups excluding carboxylic acids is 2. The fraction of sp³-hybridized carbons (Fsp3) is 0.222. The summed E-state index contributed by atoms with van der Waals surface area (Å²) >= 11 is 3.24. The third kappa shape index (κ3) is 5.49. The van der Waals surface area contributed by atoms with Crippen molar-refractivity contribution in [2.45, 2.75) is 0 Å². The molecular weight excluding hydrogens is 392 g/mol.